The van der Waals surface area contributed by atoms with Crippen molar-refractivity contribution in [2.24, 2.45) is 0 Å². The zero-order chi connectivity index (χ0) is 16.9. The summed E-state index contributed by atoms with van der Waals surface area (Å²) in [7, 11) is 0.682. The first-order valence-corrected chi connectivity index (χ1v) is 10.1. The number of phenols is 1. The van der Waals surface area contributed by atoms with E-state index in [1.807, 2.05) is 18.2 Å². The van der Waals surface area contributed by atoms with Crippen molar-refractivity contribution in [3.8, 4) is 5.75 Å². The van der Waals surface area contributed by atoms with Gasteiger partial charge in [-0.3, -0.25) is 4.90 Å². The van der Waals surface area contributed by atoms with Gasteiger partial charge in [0.2, 0.25) is 0 Å². The number of hydrogen-bond donors (Lipinski definition) is 1. The van der Waals surface area contributed by atoms with Gasteiger partial charge in [0.05, 0.1) is 0 Å². The zero-order valence-corrected chi connectivity index (χ0v) is 15.8. The molecule has 0 radical (unpaired) electrons. The number of hydrogen-bond acceptors (Lipinski definition) is 2. The van der Waals surface area contributed by atoms with E-state index < -0.39 is 0 Å². The summed E-state index contributed by atoms with van der Waals surface area (Å²) in [5.74, 6) is 0.419. The van der Waals surface area contributed by atoms with Gasteiger partial charge in [-0.25, -0.2) is 0 Å². The molecule has 1 aliphatic rings. The summed E-state index contributed by atoms with van der Waals surface area (Å²) in [6.45, 7) is 7.92. The highest BCUT2D eigenvalue weighted by Gasteiger charge is 2.16. The maximum absolute atomic E-state index is 10.1. The first kappa shape index (κ1) is 17.5. The van der Waals surface area contributed by atoms with E-state index in [0.29, 0.717) is 20.0 Å². The zero-order valence-electron chi connectivity index (χ0n) is 14.8. The van der Waals surface area contributed by atoms with Crippen molar-refractivity contribution >= 4 is 13.9 Å². The van der Waals surface area contributed by atoms with E-state index in [2.05, 4.69) is 36.9 Å². The van der Waals surface area contributed by atoms with Gasteiger partial charge < -0.3 is 5.11 Å². The van der Waals surface area contributed by atoms with Gasteiger partial charge in [-0.2, -0.15) is 0 Å². The van der Waals surface area contributed by atoms with Crippen LogP contribution in [0.1, 0.15) is 48.5 Å². The number of aryl methyl sites for hydroxylation is 1. The Kier molecular flexibility index (Phi) is 5.92. The fourth-order valence-corrected chi connectivity index (χ4v) is 4.90. The summed E-state index contributed by atoms with van der Waals surface area (Å²) in [5, 5.41) is 11.6. The largest absolute Gasteiger partial charge is 0.508 e. The van der Waals surface area contributed by atoms with Crippen LogP contribution in [0.25, 0.3) is 0 Å². The van der Waals surface area contributed by atoms with Crippen LogP contribution in [0.4, 0.5) is 0 Å². The summed E-state index contributed by atoms with van der Waals surface area (Å²) >= 11 is 0. The lowest BCUT2D eigenvalue weighted by Gasteiger charge is -2.28. The molecule has 1 saturated heterocycles. The SMILES string of the molecule is Cc1ccc(PC(C)c2ccccc2O)c(CN2CCCCC2)c1. The van der Waals surface area contributed by atoms with Crippen LogP contribution >= 0.6 is 8.58 Å². The lowest BCUT2D eigenvalue weighted by atomic mass is 10.1. The second kappa shape index (κ2) is 8.14. The highest BCUT2D eigenvalue weighted by molar-refractivity contribution is 7.47. The van der Waals surface area contributed by atoms with Gasteiger partial charge >= 0.3 is 0 Å². The third kappa shape index (κ3) is 4.37. The molecule has 128 valence electrons. The molecule has 0 saturated carbocycles. The van der Waals surface area contributed by atoms with Gasteiger partial charge in [0, 0.05) is 17.8 Å². The van der Waals surface area contributed by atoms with Crippen LogP contribution < -0.4 is 5.30 Å². The third-order valence-corrected chi connectivity index (χ3v) is 6.42. The number of rotatable bonds is 5. The fraction of sp³-hybridized carbons (Fsp3) is 0.429. The monoisotopic (exact) mass is 341 g/mol. The number of piperidine rings is 1. The molecule has 3 heteroatoms. The Hall–Kier alpha value is -1.37. The van der Waals surface area contributed by atoms with Gasteiger partial charge in [0.15, 0.2) is 0 Å². The van der Waals surface area contributed by atoms with E-state index in [1.54, 1.807) is 6.07 Å². The number of nitrogens with zero attached hydrogens (tertiary/aromatic N) is 1. The second-order valence-corrected chi connectivity index (χ2v) is 8.62. The van der Waals surface area contributed by atoms with Crippen LogP contribution in [0, 0.1) is 6.92 Å². The van der Waals surface area contributed by atoms with E-state index in [1.165, 1.54) is 48.8 Å². The summed E-state index contributed by atoms with van der Waals surface area (Å²) in [6.07, 6.45) is 4.04. The number of phenolic OH excluding ortho intramolecular Hbond substituents is 1. The molecule has 1 heterocycles. The minimum absolute atomic E-state index is 0.342. The Labute approximate surface area is 147 Å². The molecule has 0 aromatic heterocycles. The Bertz CT molecular complexity index is 679. The minimum Gasteiger partial charge on any atom is -0.508 e. The van der Waals surface area contributed by atoms with Crippen molar-refractivity contribution in [2.75, 3.05) is 13.1 Å². The van der Waals surface area contributed by atoms with E-state index in [0.717, 1.165) is 12.1 Å². The highest BCUT2D eigenvalue weighted by atomic mass is 31.1. The molecule has 24 heavy (non-hydrogen) atoms. The molecular formula is C21H28NOP. The molecule has 2 aromatic carbocycles. The predicted molar refractivity (Wildman–Crippen MR) is 105 cm³/mol. The summed E-state index contributed by atoms with van der Waals surface area (Å²) < 4.78 is 0. The Morgan fingerprint density at radius 2 is 1.83 bits per heavy atom. The van der Waals surface area contributed by atoms with Gasteiger partial charge in [0.1, 0.15) is 5.75 Å². The number of likely N-dealkylation sites (tertiary alicyclic amines) is 1. The van der Waals surface area contributed by atoms with Crippen LogP contribution in [0.15, 0.2) is 42.5 Å². The molecule has 1 N–H and O–H groups in total. The molecule has 2 aromatic rings. The molecule has 0 amide bonds. The normalized spacial score (nSPS) is 17.4. The third-order valence-electron chi connectivity index (χ3n) is 4.88. The molecule has 1 fully saturated rings. The number of para-hydroxylation sites is 1. The van der Waals surface area contributed by atoms with Crippen LogP contribution in [0.3, 0.4) is 0 Å². The van der Waals surface area contributed by atoms with E-state index >= 15 is 0 Å². The summed E-state index contributed by atoms with van der Waals surface area (Å²) in [5.41, 5.74) is 4.21. The maximum atomic E-state index is 10.1. The Morgan fingerprint density at radius 3 is 2.58 bits per heavy atom. The van der Waals surface area contributed by atoms with Gasteiger partial charge in [-0.05, 0) is 49.8 Å². The quantitative estimate of drug-likeness (QED) is 0.793. The average molecular weight is 341 g/mol. The predicted octanol–water partition coefficient (Wildman–Crippen LogP) is 4.75. The standard InChI is InChI=1S/C21H28NOP/c1-16-10-11-21(18(14-16)15-22-12-6-3-7-13-22)24-17(2)19-8-4-5-9-20(19)23/h4-5,8-11,14,17,23-24H,3,6-7,12-13,15H2,1-2H3. The molecule has 2 unspecified atom stereocenters. The first-order chi connectivity index (χ1) is 11.6. The van der Waals surface area contributed by atoms with Crippen LogP contribution in [0.2, 0.25) is 0 Å². The number of aromatic hydroxyl groups is 1. The van der Waals surface area contributed by atoms with Gasteiger partial charge in [-0.1, -0.05) is 63.9 Å². The van der Waals surface area contributed by atoms with E-state index in [4.69, 9.17) is 0 Å². The molecule has 2 nitrogen and oxygen atoms in total. The maximum Gasteiger partial charge on any atom is 0.119 e. The van der Waals surface area contributed by atoms with E-state index in [9.17, 15) is 5.11 Å². The van der Waals surface area contributed by atoms with Crippen molar-refractivity contribution in [2.45, 2.75) is 45.3 Å². The van der Waals surface area contributed by atoms with Crippen molar-refractivity contribution < 1.29 is 5.11 Å². The smallest absolute Gasteiger partial charge is 0.119 e. The van der Waals surface area contributed by atoms with Crippen LogP contribution in [-0.2, 0) is 6.54 Å². The molecular weight excluding hydrogens is 313 g/mol. The summed E-state index contributed by atoms with van der Waals surface area (Å²) in [6, 6.07) is 14.6. The lowest BCUT2D eigenvalue weighted by molar-refractivity contribution is 0.221. The molecule has 0 aliphatic carbocycles. The molecule has 0 bridgehead atoms. The second-order valence-electron chi connectivity index (χ2n) is 6.92. The summed E-state index contributed by atoms with van der Waals surface area (Å²) in [4.78, 5) is 2.59. The first-order valence-electron chi connectivity index (χ1n) is 9.00. The highest BCUT2D eigenvalue weighted by Crippen LogP contribution is 2.38. The topological polar surface area (TPSA) is 23.5 Å². The van der Waals surface area contributed by atoms with Crippen LogP contribution in [0.5, 0.6) is 5.75 Å². The average Bonchev–Trinajstić information content (AvgIpc) is 2.58. The van der Waals surface area contributed by atoms with Crippen molar-refractivity contribution in [1.29, 1.82) is 0 Å². The van der Waals surface area contributed by atoms with Gasteiger partial charge in [-0.15, -0.1) is 0 Å². The fourth-order valence-electron chi connectivity index (χ4n) is 3.52. The molecule has 0 spiro atoms. The molecule has 1 aliphatic heterocycles. The molecule has 3 rings (SSSR count). The van der Waals surface area contributed by atoms with Gasteiger partial charge in [0.25, 0.3) is 0 Å². The van der Waals surface area contributed by atoms with Crippen molar-refractivity contribution in [1.82, 2.24) is 4.90 Å². The lowest BCUT2D eigenvalue weighted by Crippen LogP contribution is -2.30. The number of benzene rings is 2. The van der Waals surface area contributed by atoms with Crippen molar-refractivity contribution in [3.63, 3.8) is 0 Å². The Morgan fingerprint density at radius 1 is 1.08 bits per heavy atom. The Balaban J connectivity index is 1.78. The van der Waals surface area contributed by atoms with Crippen LogP contribution in [-0.4, -0.2) is 23.1 Å². The molecule has 2 atom stereocenters. The van der Waals surface area contributed by atoms with E-state index in [-0.39, 0.29) is 0 Å². The minimum atomic E-state index is 0.342. The van der Waals surface area contributed by atoms with Crippen molar-refractivity contribution in [3.05, 3.63) is 59.2 Å².